The van der Waals surface area contributed by atoms with Crippen LogP contribution in [0.4, 0.5) is 5.69 Å². The van der Waals surface area contributed by atoms with Gasteiger partial charge in [-0.25, -0.2) is 4.79 Å². The predicted octanol–water partition coefficient (Wildman–Crippen LogP) is 2.64. The minimum atomic E-state index is -1.02. The fraction of sp³-hybridized carbons (Fsp3) is 0.583. The molecule has 0 aliphatic carbocycles. The number of fused-ring (bicyclic) bond motifs is 2. The molecule has 188 valence electrons. The molecule has 2 heterocycles. The van der Waals surface area contributed by atoms with Crippen molar-refractivity contribution in [3.05, 3.63) is 29.8 Å². The Kier molecular flexibility index (Phi) is 8.19. The van der Waals surface area contributed by atoms with Crippen LogP contribution in [0.1, 0.15) is 44.5 Å². The molecular formula is C24H33NO9. The Morgan fingerprint density at radius 3 is 2.56 bits per heavy atom. The number of aliphatic hydroxyl groups is 1. The van der Waals surface area contributed by atoms with Crippen LogP contribution in [-0.4, -0.2) is 68.2 Å². The normalized spacial score (nSPS) is 30.3. The first-order valence-electron chi connectivity index (χ1n) is 11.1. The number of carbonyl (C=O) groups excluding carboxylic acids is 2. The fourth-order valence-electron chi connectivity index (χ4n) is 3.84. The van der Waals surface area contributed by atoms with Gasteiger partial charge in [-0.1, -0.05) is 19.1 Å². The molecule has 1 fully saturated rings. The van der Waals surface area contributed by atoms with Gasteiger partial charge in [0, 0.05) is 25.2 Å². The van der Waals surface area contributed by atoms with Crippen LogP contribution in [0.25, 0.3) is 0 Å². The molecule has 0 radical (unpaired) electrons. The smallest absolute Gasteiger partial charge is 0.344 e. The summed E-state index contributed by atoms with van der Waals surface area (Å²) in [7, 11) is 2.91. The number of cyclic esters (lactones) is 1. The number of methoxy groups -OCH3 is 2. The van der Waals surface area contributed by atoms with Crippen molar-refractivity contribution in [2.45, 2.75) is 64.3 Å². The van der Waals surface area contributed by atoms with Crippen LogP contribution in [0.15, 0.2) is 24.3 Å². The lowest BCUT2D eigenvalue weighted by Gasteiger charge is -2.24. The van der Waals surface area contributed by atoms with E-state index in [4.69, 9.17) is 28.4 Å². The maximum Gasteiger partial charge on any atom is 0.344 e. The van der Waals surface area contributed by atoms with Gasteiger partial charge in [-0.2, -0.15) is 0 Å². The summed E-state index contributed by atoms with van der Waals surface area (Å²) in [4.78, 5) is 26.2. The van der Waals surface area contributed by atoms with Crippen molar-refractivity contribution >= 4 is 17.6 Å². The summed E-state index contributed by atoms with van der Waals surface area (Å²) in [5.41, 5.74) is 0.190. The topological polar surface area (TPSA) is 122 Å². The van der Waals surface area contributed by atoms with Gasteiger partial charge >= 0.3 is 5.97 Å². The molecule has 1 saturated heterocycles. The predicted molar refractivity (Wildman–Crippen MR) is 122 cm³/mol. The number of rotatable bonds is 4. The first-order chi connectivity index (χ1) is 16.0. The molecule has 10 heteroatoms. The number of benzene rings is 1. The average molecular weight is 480 g/mol. The van der Waals surface area contributed by atoms with E-state index in [2.05, 4.69) is 5.32 Å². The van der Waals surface area contributed by atoms with Crippen molar-refractivity contribution in [1.82, 2.24) is 0 Å². The zero-order valence-corrected chi connectivity index (χ0v) is 20.3. The van der Waals surface area contributed by atoms with E-state index in [0.717, 1.165) is 0 Å². The fourth-order valence-corrected chi connectivity index (χ4v) is 3.84. The van der Waals surface area contributed by atoms with E-state index in [1.54, 1.807) is 32.9 Å². The summed E-state index contributed by atoms with van der Waals surface area (Å²) in [6.45, 7) is 6.92. The summed E-state index contributed by atoms with van der Waals surface area (Å²) in [6, 6.07) is 3.03. The highest BCUT2D eigenvalue weighted by Gasteiger charge is 2.45. The Hall–Kier alpha value is -2.66. The standard InChI is InChI=1S/C24H33NO9/c1-13-7-8-17(26)22-19(33-24(3,4)34-22)11-20(27)25-16-9-15(30-6)10-18(31-12-29-5)21(16)23(28)32-14(13)2/h7-10,13-14,17,19,22,26H,11-12H2,1-6H3,(H,25,27)/b8-7-/t13-,14+,17?,19+,22-/m1/s1. The van der Waals surface area contributed by atoms with Crippen LogP contribution < -0.4 is 14.8 Å². The monoisotopic (exact) mass is 479 g/mol. The van der Waals surface area contributed by atoms with Crippen LogP contribution in [0.2, 0.25) is 0 Å². The number of amides is 1. The zero-order chi connectivity index (χ0) is 25.0. The molecule has 5 atom stereocenters. The van der Waals surface area contributed by atoms with Gasteiger partial charge in [-0.3, -0.25) is 4.79 Å². The zero-order valence-electron chi connectivity index (χ0n) is 20.3. The minimum Gasteiger partial charge on any atom is -0.497 e. The summed E-state index contributed by atoms with van der Waals surface area (Å²) in [5, 5.41) is 13.5. The van der Waals surface area contributed by atoms with Crippen LogP contribution >= 0.6 is 0 Å². The first kappa shape index (κ1) is 26.0. The maximum atomic E-state index is 13.2. The van der Waals surface area contributed by atoms with Crippen LogP contribution in [0, 0.1) is 5.92 Å². The Balaban J connectivity index is 2.05. The molecule has 34 heavy (non-hydrogen) atoms. The molecule has 1 unspecified atom stereocenters. The number of hydrogen-bond donors (Lipinski definition) is 2. The van der Waals surface area contributed by atoms with Gasteiger partial charge in [-0.15, -0.1) is 0 Å². The van der Waals surface area contributed by atoms with Gasteiger partial charge in [0.1, 0.15) is 35.4 Å². The highest BCUT2D eigenvalue weighted by atomic mass is 16.8. The van der Waals surface area contributed by atoms with E-state index >= 15 is 0 Å². The Bertz CT molecular complexity index is 929. The molecule has 1 aromatic rings. The van der Waals surface area contributed by atoms with Crippen LogP contribution in [0.3, 0.4) is 0 Å². The highest BCUT2D eigenvalue weighted by molar-refractivity contribution is 6.04. The Morgan fingerprint density at radius 1 is 1.15 bits per heavy atom. The van der Waals surface area contributed by atoms with Crippen molar-refractivity contribution in [3.63, 3.8) is 0 Å². The molecule has 10 nitrogen and oxygen atoms in total. The molecule has 1 aromatic carbocycles. The number of anilines is 1. The van der Waals surface area contributed by atoms with E-state index in [9.17, 15) is 14.7 Å². The summed E-state index contributed by atoms with van der Waals surface area (Å²) in [6.07, 6.45) is 0.170. The van der Waals surface area contributed by atoms with Gasteiger partial charge in [0.15, 0.2) is 12.6 Å². The van der Waals surface area contributed by atoms with E-state index < -0.39 is 42.1 Å². The van der Waals surface area contributed by atoms with E-state index in [1.165, 1.54) is 26.4 Å². The molecule has 1 amide bonds. The summed E-state index contributed by atoms with van der Waals surface area (Å²) >= 11 is 0. The molecular weight excluding hydrogens is 446 g/mol. The third-order valence-electron chi connectivity index (χ3n) is 5.71. The lowest BCUT2D eigenvalue weighted by atomic mass is 10.00. The third-order valence-corrected chi connectivity index (χ3v) is 5.71. The lowest BCUT2D eigenvalue weighted by Crippen LogP contribution is -2.37. The van der Waals surface area contributed by atoms with E-state index in [0.29, 0.717) is 5.75 Å². The molecule has 0 bridgehead atoms. The quantitative estimate of drug-likeness (QED) is 0.381. The molecule has 2 N–H and O–H groups in total. The minimum absolute atomic E-state index is 0.0341. The lowest BCUT2D eigenvalue weighted by molar-refractivity contribution is -0.153. The van der Waals surface area contributed by atoms with Gasteiger partial charge in [0.05, 0.1) is 25.3 Å². The summed E-state index contributed by atoms with van der Waals surface area (Å²) in [5.74, 6) is -1.84. The largest absolute Gasteiger partial charge is 0.497 e. The Labute approximate surface area is 199 Å². The van der Waals surface area contributed by atoms with Gasteiger partial charge in [0.25, 0.3) is 0 Å². The number of carbonyl (C=O) groups is 2. The van der Waals surface area contributed by atoms with Gasteiger partial charge in [-0.05, 0) is 20.8 Å². The highest BCUT2D eigenvalue weighted by Crippen LogP contribution is 2.36. The number of nitrogens with one attached hydrogen (secondary N) is 1. The maximum absolute atomic E-state index is 13.2. The van der Waals surface area contributed by atoms with Gasteiger partial charge in [0.2, 0.25) is 5.91 Å². The number of hydrogen-bond acceptors (Lipinski definition) is 9. The molecule has 0 saturated carbocycles. The Morgan fingerprint density at radius 2 is 1.88 bits per heavy atom. The second-order valence-electron chi connectivity index (χ2n) is 8.83. The van der Waals surface area contributed by atoms with Crippen molar-refractivity contribution < 1.29 is 43.1 Å². The van der Waals surface area contributed by atoms with Crippen molar-refractivity contribution in [3.8, 4) is 11.5 Å². The second-order valence-corrected chi connectivity index (χ2v) is 8.83. The van der Waals surface area contributed by atoms with Crippen molar-refractivity contribution in [1.29, 1.82) is 0 Å². The number of esters is 1. The van der Waals surface area contributed by atoms with E-state index in [-0.39, 0.29) is 36.1 Å². The molecule has 0 aromatic heterocycles. The molecule has 0 spiro atoms. The summed E-state index contributed by atoms with van der Waals surface area (Å²) < 4.78 is 33.4. The second kappa shape index (κ2) is 10.7. The molecule has 3 rings (SSSR count). The van der Waals surface area contributed by atoms with Gasteiger partial charge < -0.3 is 38.8 Å². The third kappa shape index (κ3) is 6.06. The number of ether oxygens (including phenoxy) is 6. The SMILES string of the molecule is COCOc1cc(OC)cc2c1C(=O)O[C@@H](C)[C@H](C)/C=C\C(O)[C@H]1OC(C)(C)O[C@H]1CC(=O)N2. The van der Waals surface area contributed by atoms with Crippen LogP contribution in [0.5, 0.6) is 11.5 Å². The van der Waals surface area contributed by atoms with E-state index in [1.807, 2.05) is 6.92 Å². The average Bonchev–Trinajstić information content (AvgIpc) is 3.08. The van der Waals surface area contributed by atoms with Crippen LogP contribution in [-0.2, 0) is 23.7 Å². The van der Waals surface area contributed by atoms with Crippen molar-refractivity contribution in [2.24, 2.45) is 5.92 Å². The molecule has 2 aliphatic rings. The van der Waals surface area contributed by atoms with Crippen molar-refractivity contribution in [2.75, 3.05) is 26.3 Å². The molecule has 2 aliphatic heterocycles. The first-order valence-corrected chi connectivity index (χ1v) is 11.1. The number of aliphatic hydroxyl groups excluding tert-OH is 1.